The van der Waals surface area contributed by atoms with Crippen molar-refractivity contribution < 1.29 is 28.7 Å². The van der Waals surface area contributed by atoms with Crippen LogP contribution in [0.5, 0.6) is 5.75 Å². The summed E-state index contributed by atoms with van der Waals surface area (Å²) >= 11 is 6.31. The van der Waals surface area contributed by atoms with Crippen molar-refractivity contribution in [2.75, 3.05) is 31.6 Å². The van der Waals surface area contributed by atoms with Crippen molar-refractivity contribution in [3.05, 3.63) is 70.3 Å². The fourth-order valence-corrected chi connectivity index (χ4v) is 5.91. The minimum Gasteiger partial charge on any atom is -0.497 e. The topological polar surface area (TPSA) is 128 Å². The van der Waals surface area contributed by atoms with Crippen LogP contribution in [0, 0.1) is 0 Å². The van der Waals surface area contributed by atoms with Crippen LogP contribution >= 0.6 is 11.6 Å². The van der Waals surface area contributed by atoms with Crippen LogP contribution in [-0.2, 0) is 27.5 Å². The van der Waals surface area contributed by atoms with Gasteiger partial charge in [0.25, 0.3) is 11.8 Å². The lowest BCUT2D eigenvalue weighted by Crippen LogP contribution is -2.52. The first-order valence-corrected chi connectivity index (χ1v) is 14.7. The number of nitrogens with one attached hydrogen (secondary N) is 2. The number of carbonyl (C=O) groups excluding carboxylic acids is 5. The number of nitrogens with zero attached hydrogens (tertiary/aromatic N) is 3. The van der Waals surface area contributed by atoms with Gasteiger partial charge in [0, 0.05) is 54.8 Å². The highest BCUT2D eigenvalue weighted by molar-refractivity contribution is 6.31. The molecular formula is C31H34ClN5O6. The van der Waals surface area contributed by atoms with Crippen LogP contribution in [0.4, 0.5) is 10.5 Å². The van der Waals surface area contributed by atoms with E-state index in [0.717, 1.165) is 30.4 Å². The Bertz CT molecular complexity index is 1490. The van der Waals surface area contributed by atoms with Gasteiger partial charge in [-0.15, -0.1) is 0 Å². The molecular weight excluding hydrogens is 574 g/mol. The average Bonchev–Trinajstić information content (AvgIpc) is 3.33. The van der Waals surface area contributed by atoms with Gasteiger partial charge in [0.1, 0.15) is 11.8 Å². The Kier molecular flexibility index (Phi) is 9.00. The van der Waals surface area contributed by atoms with Crippen LogP contribution in [0.25, 0.3) is 0 Å². The lowest BCUT2D eigenvalue weighted by Gasteiger charge is -2.30. The molecule has 0 aromatic heterocycles. The third-order valence-corrected chi connectivity index (χ3v) is 8.19. The molecule has 6 amide bonds. The van der Waals surface area contributed by atoms with Gasteiger partial charge in [-0.3, -0.25) is 29.4 Å². The Labute approximate surface area is 254 Å². The lowest BCUT2D eigenvalue weighted by molar-refractivity contribution is -0.137. The van der Waals surface area contributed by atoms with Crippen molar-refractivity contribution in [2.24, 2.45) is 0 Å². The summed E-state index contributed by atoms with van der Waals surface area (Å²) in [6, 6.07) is 8.98. The Balaban J connectivity index is 1.30. The second-order valence-electron chi connectivity index (χ2n) is 10.9. The molecule has 0 radical (unpaired) electrons. The number of methoxy groups -OCH3 is 1. The SMILES string of the molecule is C=C(CN(C(=O)NCc1ccc2c(c1)CN(C1CCC(=O)NC1=O)C2=O)c1cc(Cl)cc(OC)c1)C(=O)N1CCCCC1. The van der Waals surface area contributed by atoms with Crippen LogP contribution in [0.3, 0.4) is 0 Å². The molecule has 11 nitrogen and oxygen atoms in total. The summed E-state index contributed by atoms with van der Waals surface area (Å²) in [4.78, 5) is 68.3. The quantitative estimate of drug-likeness (QED) is 0.350. The smallest absolute Gasteiger partial charge is 0.322 e. The molecule has 3 aliphatic heterocycles. The highest BCUT2D eigenvalue weighted by Crippen LogP contribution is 2.30. The average molecular weight is 608 g/mol. The number of urea groups is 1. The van der Waals surface area contributed by atoms with Crippen LogP contribution in [0.1, 0.15) is 53.6 Å². The second kappa shape index (κ2) is 12.9. The molecule has 2 aromatic carbocycles. The van der Waals surface area contributed by atoms with Crippen molar-refractivity contribution >= 4 is 46.9 Å². The lowest BCUT2D eigenvalue weighted by atomic mass is 10.0. The van der Waals surface area contributed by atoms with Crippen molar-refractivity contribution in [1.29, 1.82) is 0 Å². The molecule has 226 valence electrons. The Morgan fingerprint density at radius 2 is 1.88 bits per heavy atom. The number of benzene rings is 2. The summed E-state index contributed by atoms with van der Waals surface area (Å²) < 4.78 is 5.34. The van der Waals surface area contributed by atoms with Gasteiger partial charge in [-0.1, -0.05) is 30.3 Å². The predicted molar refractivity (Wildman–Crippen MR) is 160 cm³/mol. The zero-order valence-corrected chi connectivity index (χ0v) is 24.7. The van der Waals surface area contributed by atoms with E-state index >= 15 is 0 Å². The molecule has 1 atom stereocenters. The number of piperidine rings is 2. The molecule has 5 rings (SSSR count). The van der Waals surface area contributed by atoms with Gasteiger partial charge >= 0.3 is 6.03 Å². The molecule has 3 heterocycles. The van der Waals surface area contributed by atoms with Crippen molar-refractivity contribution in [3.63, 3.8) is 0 Å². The Morgan fingerprint density at radius 3 is 2.60 bits per heavy atom. The van der Waals surface area contributed by atoms with Crippen LogP contribution in [-0.4, -0.2) is 72.2 Å². The number of amides is 6. The maximum absolute atomic E-state index is 13.6. The molecule has 3 aliphatic rings. The van der Waals surface area contributed by atoms with Gasteiger partial charge in [-0.25, -0.2) is 4.79 Å². The number of likely N-dealkylation sites (tertiary alicyclic amines) is 1. The van der Waals surface area contributed by atoms with E-state index in [2.05, 4.69) is 17.2 Å². The molecule has 2 fully saturated rings. The van der Waals surface area contributed by atoms with Gasteiger partial charge < -0.3 is 19.9 Å². The van der Waals surface area contributed by atoms with Gasteiger partial charge in [-0.2, -0.15) is 0 Å². The first-order chi connectivity index (χ1) is 20.6. The molecule has 0 bridgehead atoms. The molecule has 0 spiro atoms. The first-order valence-electron chi connectivity index (χ1n) is 14.3. The zero-order chi connectivity index (χ0) is 30.7. The van der Waals surface area contributed by atoms with Crippen LogP contribution in [0.15, 0.2) is 48.6 Å². The number of rotatable bonds is 8. The molecule has 2 aromatic rings. The van der Waals surface area contributed by atoms with E-state index in [-0.39, 0.29) is 55.8 Å². The Hall–Kier alpha value is -4.38. The van der Waals surface area contributed by atoms with Gasteiger partial charge in [0.15, 0.2) is 0 Å². The van der Waals surface area contributed by atoms with Crippen LogP contribution in [0.2, 0.25) is 5.02 Å². The second-order valence-corrected chi connectivity index (χ2v) is 11.4. The number of halogens is 1. The number of anilines is 1. The largest absolute Gasteiger partial charge is 0.497 e. The molecule has 43 heavy (non-hydrogen) atoms. The molecule has 2 N–H and O–H groups in total. The molecule has 12 heteroatoms. The summed E-state index contributed by atoms with van der Waals surface area (Å²) in [5, 5.41) is 5.57. The van der Waals surface area contributed by atoms with E-state index in [1.807, 2.05) is 6.07 Å². The summed E-state index contributed by atoms with van der Waals surface area (Å²) in [5.74, 6) is -0.804. The van der Waals surface area contributed by atoms with Crippen molar-refractivity contribution in [2.45, 2.75) is 51.2 Å². The van der Waals surface area contributed by atoms with E-state index in [1.165, 1.54) is 16.9 Å². The maximum Gasteiger partial charge on any atom is 0.322 e. The monoisotopic (exact) mass is 607 g/mol. The first kappa shape index (κ1) is 30.1. The summed E-state index contributed by atoms with van der Waals surface area (Å²) in [6.07, 6.45) is 3.42. The minimum atomic E-state index is -0.704. The predicted octanol–water partition coefficient (Wildman–Crippen LogP) is 3.39. The molecule has 0 aliphatic carbocycles. The number of fused-ring (bicyclic) bond motifs is 1. The Morgan fingerprint density at radius 1 is 1.12 bits per heavy atom. The molecule has 0 saturated carbocycles. The molecule has 2 saturated heterocycles. The van der Waals surface area contributed by atoms with E-state index in [4.69, 9.17) is 16.3 Å². The summed E-state index contributed by atoms with van der Waals surface area (Å²) in [5.41, 5.74) is 2.68. The zero-order valence-electron chi connectivity index (χ0n) is 24.0. The minimum absolute atomic E-state index is 0.0513. The van der Waals surface area contributed by atoms with Crippen molar-refractivity contribution in [1.82, 2.24) is 20.4 Å². The van der Waals surface area contributed by atoms with E-state index in [9.17, 15) is 24.0 Å². The van der Waals surface area contributed by atoms with E-state index < -0.39 is 18.0 Å². The van der Waals surface area contributed by atoms with Gasteiger partial charge in [-0.05, 0) is 55.0 Å². The van der Waals surface area contributed by atoms with Crippen LogP contribution < -0.4 is 20.3 Å². The fraction of sp³-hybridized carbons (Fsp3) is 0.387. The van der Waals surface area contributed by atoms with E-state index in [1.54, 1.807) is 35.2 Å². The number of imide groups is 1. The standard InChI is InChI=1S/C31H34ClN5O6/c1-19(29(40)35-10-4-3-5-11-35)17-36(23-13-22(32)14-24(15-23)43-2)31(42)33-16-20-6-7-25-21(12-20)18-37(30(25)41)26-8-9-27(38)34-28(26)39/h6-7,12-15,26H,1,3-5,8-11,16-18H2,2H3,(H,33,42)(H,34,38,39). The number of carbonyl (C=O) groups is 5. The van der Waals surface area contributed by atoms with Gasteiger partial charge in [0.2, 0.25) is 11.8 Å². The fourth-order valence-electron chi connectivity index (χ4n) is 5.69. The maximum atomic E-state index is 13.6. The number of hydrogen-bond acceptors (Lipinski definition) is 6. The number of ether oxygens (including phenoxy) is 1. The number of hydrogen-bond donors (Lipinski definition) is 2. The molecule has 1 unspecified atom stereocenters. The van der Waals surface area contributed by atoms with E-state index in [0.29, 0.717) is 35.1 Å². The highest BCUT2D eigenvalue weighted by atomic mass is 35.5. The third kappa shape index (κ3) is 6.67. The summed E-state index contributed by atoms with van der Waals surface area (Å²) in [6.45, 7) is 5.65. The van der Waals surface area contributed by atoms with Crippen molar-refractivity contribution in [3.8, 4) is 5.75 Å². The summed E-state index contributed by atoms with van der Waals surface area (Å²) in [7, 11) is 1.50. The normalized spacial score (nSPS) is 18.2. The van der Waals surface area contributed by atoms with Gasteiger partial charge in [0.05, 0.1) is 19.3 Å². The highest BCUT2D eigenvalue weighted by Gasteiger charge is 2.39. The third-order valence-electron chi connectivity index (χ3n) is 7.97.